The molecule has 0 spiro atoms. The van der Waals surface area contributed by atoms with Gasteiger partial charge >= 0.3 is 0 Å². The average Bonchev–Trinajstić information content (AvgIpc) is 2.96. The molecule has 0 saturated heterocycles. The van der Waals surface area contributed by atoms with Gasteiger partial charge in [0.1, 0.15) is 23.9 Å². The van der Waals surface area contributed by atoms with Crippen LogP contribution in [0.15, 0.2) is 41.0 Å². The van der Waals surface area contributed by atoms with Gasteiger partial charge in [0.05, 0.1) is 18.7 Å². The average molecular weight is 309 g/mol. The Hall–Kier alpha value is -1.98. The van der Waals surface area contributed by atoms with Crippen molar-refractivity contribution in [2.24, 2.45) is 5.73 Å². The quantitative estimate of drug-likeness (QED) is 0.860. The Balaban J connectivity index is 1.81. The summed E-state index contributed by atoms with van der Waals surface area (Å²) in [7, 11) is 0. The van der Waals surface area contributed by atoms with Crippen molar-refractivity contribution >= 4 is 17.5 Å². The number of nitrogens with two attached hydrogens (primary N) is 1. The molecule has 3 N–H and O–H groups in total. The van der Waals surface area contributed by atoms with Gasteiger partial charge < -0.3 is 20.2 Å². The van der Waals surface area contributed by atoms with Crippen molar-refractivity contribution in [2.75, 3.05) is 6.54 Å². The summed E-state index contributed by atoms with van der Waals surface area (Å²) in [6, 6.07) is 8.69. The molecular weight excluding hydrogens is 292 g/mol. The number of hydrogen-bond acceptors (Lipinski definition) is 4. The monoisotopic (exact) mass is 308 g/mol. The van der Waals surface area contributed by atoms with Crippen LogP contribution in [0.1, 0.15) is 23.0 Å². The van der Waals surface area contributed by atoms with E-state index in [1.165, 1.54) is 6.26 Å². The maximum absolute atomic E-state index is 11.9. The molecule has 1 aromatic carbocycles. The minimum Gasteiger partial charge on any atom is -0.489 e. The van der Waals surface area contributed by atoms with Crippen molar-refractivity contribution in [1.82, 2.24) is 5.32 Å². The van der Waals surface area contributed by atoms with Crippen LogP contribution >= 0.6 is 11.6 Å². The topological polar surface area (TPSA) is 77.5 Å². The van der Waals surface area contributed by atoms with Crippen LogP contribution in [0.2, 0.25) is 5.02 Å². The van der Waals surface area contributed by atoms with Gasteiger partial charge in [-0.05, 0) is 37.3 Å². The molecule has 1 atom stereocenters. The van der Waals surface area contributed by atoms with E-state index in [1.807, 2.05) is 6.92 Å². The number of amides is 1. The number of benzene rings is 1. The predicted molar refractivity (Wildman–Crippen MR) is 80.5 cm³/mol. The van der Waals surface area contributed by atoms with Crippen LogP contribution in [0.5, 0.6) is 5.75 Å². The smallest absolute Gasteiger partial charge is 0.254 e. The molecule has 0 aliphatic heterocycles. The van der Waals surface area contributed by atoms with Gasteiger partial charge in [-0.1, -0.05) is 11.6 Å². The first-order valence-electron chi connectivity index (χ1n) is 6.56. The summed E-state index contributed by atoms with van der Waals surface area (Å²) in [5.41, 5.74) is 5.88. The largest absolute Gasteiger partial charge is 0.489 e. The third-order valence-corrected chi connectivity index (χ3v) is 3.07. The Morgan fingerprint density at radius 3 is 2.76 bits per heavy atom. The maximum atomic E-state index is 11.9. The number of nitrogens with one attached hydrogen (secondary N) is 1. The highest BCUT2D eigenvalue weighted by Crippen LogP contribution is 2.16. The second-order valence-corrected chi connectivity index (χ2v) is 5.03. The highest BCUT2D eigenvalue weighted by molar-refractivity contribution is 6.30. The van der Waals surface area contributed by atoms with Crippen LogP contribution in [0.4, 0.5) is 0 Å². The number of carbonyl (C=O) groups excluding carboxylic acids is 1. The molecule has 2 aromatic rings. The van der Waals surface area contributed by atoms with Crippen molar-refractivity contribution in [3.8, 4) is 5.75 Å². The van der Waals surface area contributed by atoms with Crippen LogP contribution in [-0.4, -0.2) is 18.6 Å². The third kappa shape index (κ3) is 4.51. The maximum Gasteiger partial charge on any atom is 0.254 e. The first-order chi connectivity index (χ1) is 10.1. The fourth-order valence-electron chi connectivity index (χ4n) is 1.73. The zero-order valence-corrected chi connectivity index (χ0v) is 12.4. The molecule has 0 aliphatic carbocycles. The Labute approximate surface area is 128 Å². The van der Waals surface area contributed by atoms with E-state index < -0.39 is 0 Å². The lowest BCUT2D eigenvalue weighted by molar-refractivity contribution is 0.0931. The van der Waals surface area contributed by atoms with E-state index in [9.17, 15) is 4.79 Å². The summed E-state index contributed by atoms with van der Waals surface area (Å²) in [5.74, 6) is 1.06. The summed E-state index contributed by atoms with van der Waals surface area (Å²) in [6.07, 6.45) is 1.22. The predicted octanol–water partition coefficient (Wildman–Crippen LogP) is 2.59. The van der Waals surface area contributed by atoms with Crippen molar-refractivity contribution in [3.63, 3.8) is 0 Å². The molecule has 1 unspecified atom stereocenters. The number of furan rings is 1. The van der Waals surface area contributed by atoms with Crippen molar-refractivity contribution in [2.45, 2.75) is 19.6 Å². The first kappa shape index (κ1) is 15.4. The molecule has 2 rings (SSSR count). The zero-order chi connectivity index (χ0) is 15.2. The molecule has 112 valence electrons. The molecular formula is C15H17ClN2O3. The van der Waals surface area contributed by atoms with E-state index in [2.05, 4.69) is 5.32 Å². The highest BCUT2D eigenvalue weighted by atomic mass is 35.5. The Kier molecular flexibility index (Phi) is 5.25. The SMILES string of the molecule is CC(CNC(=O)c1coc(CN)c1)Oc1ccc(Cl)cc1. The number of rotatable bonds is 6. The normalized spacial score (nSPS) is 12.0. The lowest BCUT2D eigenvalue weighted by atomic mass is 10.3. The minimum atomic E-state index is -0.218. The van der Waals surface area contributed by atoms with Gasteiger partial charge in [-0.25, -0.2) is 0 Å². The Bertz CT molecular complexity index is 595. The second-order valence-electron chi connectivity index (χ2n) is 4.60. The molecule has 0 bridgehead atoms. The lowest BCUT2D eigenvalue weighted by Crippen LogP contribution is -2.33. The second kappa shape index (κ2) is 7.15. The van der Waals surface area contributed by atoms with Crippen LogP contribution in [0.25, 0.3) is 0 Å². The minimum absolute atomic E-state index is 0.170. The van der Waals surface area contributed by atoms with Gasteiger partial charge in [-0.2, -0.15) is 0 Å². The number of hydrogen-bond donors (Lipinski definition) is 2. The number of ether oxygens (including phenoxy) is 1. The fraction of sp³-hybridized carbons (Fsp3) is 0.267. The Morgan fingerprint density at radius 1 is 1.43 bits per heavy atom. The molecule has 5 nitrogen and oxygen atoms in total. The van der Waals surface area contributed by atoms with Gasteiger partial charge in [0.2, 0.25) is 0 Å². The van der Waals surface area contributed by atoms with E-state index in [1.54, 1.807) is 30.3 Å². The van der Waals surface area contributed by atoms with Gasteiger partial charge in [-0.15, -0.1) is 0 Å². The molecule has 0 fully saturated rings. The summed E-state index contributed by atoms with van der Waals surface area (Å²) in [4.78, 5) is 11.9. The van der Waals surface area contributed by atoms with E-state index in [-0.39, 0.29) is 18.6 Å². The van der Waals surface area contributed by atoms with Gasteiger partial charge in [0, 0.05) is 5.02 Å². The molecule has 21 heavy (non-hydrogen) atoms. The lowest BCUT2D eigenvalue weighted by Gasteiger charge is -2.15. The van der Waals surface area contributed by atoms with Crippen LogP contribution in [-0.2, 0) is 6.54 Å². The highest BCUT2D eigenvalue weighted by Gasteiger charge is 2.11. The summed E-state index contributed by atoms with van der Waals surface area (Å²) < 4.78 is 10.8. The van der Waals surface area contributed by atoms with Crippen molar-refractivity contribution < 1.29 is 13.9 Å². The number of halogens is 1. The molecule has 1 aromatic heterocycles. The third-order valence-electron chi connectivity index (χ3n) is 2.82. The molecule has 1 amide bonds. The summed E-state index contributed by atoms with van der Waals surface area (Å²) in [6.45, 7) is 2.52. The Morgan fingerprint density at radius 2 is 2.14 bits per heavy atom. The standard InChI is InChI=1S/C15H17ClN2O3/c1-10(21-13-4-2-12(16)3-5-13)8-18-15(19)11-6-14(7-17)20-9-11/h2-6,9-10H,7-8,17H2,1H3,(H,18,19). The van der Waals surface area contributed by atoms with Gasteiger partial charge in [-0.3, -0.25) is 4.79 Å². The fourth-order valence-corrected chi connectivity index (χ4v) is 1.86. The molecule has 1 heterocycles. The van der Waals surface area contributed by atoms with Crippen LogP contribution in [0, 0.1) is 0 Å². The van der Waals surface area contributed by atoms with E-state index in [0.29, 0.717) is 28.6 Å². The number of carbonyl (C=O) groups is 1. The van der Waals surface area contributed by atoms with Crippen LogP contribution < -0.4 is 15.8 Å². The molecule has 0 aliphatic rings. The molecule has 0 radical (unpaired) electrons. The van der Waals surface area contributed by atoms with Crippen LogP contribution in [0.3, 0.4) is 0 Å². The molecule has 0 saturated carbocycles. The van der Waals surface area contributed by atoms with Gasteiger partial charge in [0.25, 0.3) is 5.91 Å². The van der Waals surface area contributed by atoms with E-state index in [0.717, 1.165) is 0 Å². The van der Waals surface area contributed by atoms with Crippen molar-refractivity contribution in [1.29, 1.82) is 0 Å². The van der Waals surface area contributed by atoms with Crippen molar-refractivity contribution in [3.05, 3.63) is 52.9 Å². The summed E-state index contributed by atoms with van der Waals surface area (Å²) >= 11 is 5.80. The summed E-state index contributed by atoms with van der Waals surface area (Å²) in [5, 5.41) is 3.43. The van der Waals surface area contributed by atoms with E-state index >= 15 is 0 Å². The first-order valence-corrected chi connectivity index (χ1v) is 6.94. The van der Waals surface area contributed by atoms with E-state index in [4.69, 9.17) is 26.5 Å². The van der Waals surface area contributed by atoms with Gasteiger partial charge in [0.15, 0.2) is 0 Å². The molecule has 6 heteroatoms. The zero-order valence-electron chi connectivity index (χ0n) is 11.6.